The summed E-state index contributed by atoms with van der Waals surface area (Å²) in [6, 6.07) is 12.1. The average Bonchev–Trinajstić information content (AvgIpc) is 2.47. The second-order valence-corrected chi connectivity index (χ2v) is 5.83. The highest BCUT2D eigenvalue weighted by atomic mass is 79.9. The highest BCUT2D eigenvalue weighted by molar-refractivity contribution is 9.11. The van der Waals surface area contributed by atoms with E-state index in [1.807, 2.05) is 24.3 Å². The number of nitrogens with two attached hydrogens (primary N) is 1. The standard InChI is InChI=1S/C14H10Br2N4/c15-10-5-6-11(9-4-2-1-3-8(9)10)20-14-12(16)13(17)18-7-19-14/h1-7H,(H3,17,18,19,20). The van der Waals surface area contributed by atoms with Crippen LogP contribution in [0.3, 0.4) is 0 Å². The van der Waals surface area contributed by atoms with Crippen molar-refractivity contribution in [2.45, 2.75) is 0 Å². The fourth-order valence-electron chi connectivity index (χ4n) is 1.97. The SMILES string of the molecule is Nc1ncnc(Nc2ccc(Br)c3ccccc23)c1Br. The molecule has 0 aliphatic heterocycles. The van der Waals surface area contributed by atoms with Crippen LogP contribution in [0.1, 0.15) is 0 Å². The molecule has 0 radical (unpaired) electrons. The Morgan fingerprint density at radius 1 is 0.950 bits per heavy atom. The van der Waals surface area contributed by atoms with Gasteiger partial charge in [0.2, 0.25) is 0 Å². The largest absolute Gasteiger partial charge is 0.383 e. The molecule has 1 heterocycles. The number of halogens is 2. The van der Waals surface area contributed by atoms with Gasteiger partial charge in [0, 0.05) is 15.5 Å². The summed E-state index contributed by atoms with van der Waals surface area (Å²) in [5.74, 6) is 1.05. The fourth-order valence-corrected chi connectivity index (χ4v) is 2.75. The molecule has 1 aromatic heterocycles. The third kappa shape index (κ3) is 2.36. The monoisotopic (exact) mass is 392 g/mol. The van der Waals surface area contributed by atoms with E-state index in [-0.39, 0.29) is 0 Å². The number of fused-ring (bicyclic) bond motifs is 1. The lowest BCUT2D eigenvalue weighted by molar-refractivity contribution is 1.16. The van der Waals surface area contributed by atoms with E-state index in [2.05, 4.69) is 59.3 Å². The number of hydrogen-bond acceptors (Lipinski definition) is 4. The lowest BCUT2D eigenvalue weighted by Gasteiger charge is -2.12. The zero-order chi connectivity index (χ0) is 14.1. The summed E-state index contributed by atoms with van der Waals surface area (Å²) in [5, 5.41) is 5.52. The summed E-state index contributed by atoms with van der Waals surface area (Å²) in [6.45, 7) is 0. The van der Waals surface area contributed by atoms with Gasteiger partial charge in [-0.2, -0.15) is 0 Å². The molecule has 0 saturated carbocycles. The highest BCUT2D eigenvalue weighted by Crippen LogP contribution is 2.33. The van der Waals surface area contributed by atoms with Gasteiger partial charge >= 0.3 is 0 Å². The zero-order valence-electron chi connectivity index (χ0n) is 10.3. The molecule has 2 aromatic carbocycles. The molecular weight excluding hydrogens is 384 g/mol. The lowest BCUT2D eigenvalue weighted by Crippen LogP contribution is -2.00. The summed E-state index contributed by atoms with van der Waals surface area (Å²) < 4.78 is 1.71. The molecule has 0 bridgehead atoms. The normalized spacial score (nSPS) is 10.7. The third-order valence-corrected chi connectivity index (χ3v) is 4.41. The van der Waals surface area contributed by atoms with Crippen LogP contribution in [0.5, 0.6) is 0 Å². The number of benzene rings is 2. The maximum absolute atomic E-state index is 5.77. The number of hydrogen-bond donors (Lipinski definition) is 2. The molecule has 0 aliphatic carbocycles. The second-order valence-electron chi connectivity index (χ2n) is 4.19. The number of aromatic nitrogens is 2. The molecule has 0 spiro atoms. The first-order valence-corrected chi connectivity index (χ1v) is 7.45. The molecule has 0 unspecified atom stereocenters. The van der Waals surface area contributed by atoms with Crippen LogP contribution in [0.2, 0.25) is 0 Å². The molecule has 100 valence electrons. The maximum atomic E-state index is 5.77. The molecule has 0 aliphatic rings. The van der Waals surface area contributed by atoms with Gasteiger partial charge in [-0.25, -0.2) is 9.97 Å². The van der Waals surface area contributed by atoms with Crippen molar-refractivity contribution in [1.29, 1.82) is 0 Å². The molecular formula is C14H10Br2N4. The van der Waals surface area contributed by atoms with Crippen LogP contribution in [-0.2, 0) is 0 Å². The van der Waals surface area contributed by atoms with Crippen LogP contribution in [0.25, 0.3) is 10.8 Å². The first-order chi connectivity index (χ1) is 9.66. The van der Waals surface area contributed by atoms with Crippen molar-refractivity contribution in [3.63, 3.8) is 0 Å². The van der Waals surface area contributed by atoms with Crippen LogP contribution >= 0.6 is 31.9 Å². The third-order valence-electron chi connectivity index (χ3n) is 2.94. The van der Waals surface area contributed by atoms with Crippen molar-refractivity contribution in [1.82, 2.24) is 9.97 Å². The Morgan fingerprint density at radius 2 is 1.70 bits per heavy atom. The quantitative estimate of drug-likeness (QED) is 0.673. The number of anilines is 3. The number of rotatable bonds is 2. The first kappa shape index (κ1) is 13.3. The number of nitrogen functional groups attached to an aromatic ring is 1. The molecule has 4 nitrogen and oxygen atoms in total. The molecule has 0 saturated heterocycles. The Kier molecular flexibility index (Phi) is 3.58. The van der Waals surface area contributed by atoms with Gasteiger partial charge in [-0.1, -0.05) is 40.2 Å². The van der Waals surface area contributed by atoms with E-state index in [0.717, 1.165) is 20.9 Å². The van der Waals surface area contributed by atoms with Crippen LogP contribution < -0.4 is 11.1 Å². The van der Waals surface area contributed by atoms with Crippen LogP contribution in [0, 0.1) is 0 Å². The van der Waals surface area contributed by atoms with E-state index in [9.17, 15) is 0 Å². The molecule has 0 amide bonds. The topological polar surface area (TPSA) is 63.8 Å². The zero-order valence-corrected chi connectivity index (χ0v) is 13.4. The minimum absolute atomic E-state index is 0.406. The van der Waals surface area contributed by atoms with Gasteiger partial charge in [-0.05, 0) is 33.4 Å². The lowest BCUT2D eigenvalue weighted by atomic mass is 10.1. The molecule has 20 heavy (non-hydrogen) atoms. The van der Waals surface area contributed by atoms with Crippen molar-refractivity contribution in [3.05, 3.63) is 51.7 Å². The smallest absolute Gasteiger partial charge is 0.150 e. The Hall–Kier alpha value is -1.66. The summed E-state index contributed by atoms with van der Waals surface area (Å²) >= 11 is 6.95. The van der Waals surface area contributed by atoms with Crippen molar-refractivity contribution >= 4 is 60.0 Å². The minimum Gasteiger partial charge on any atom is -0.383 e. The molecule has 3 N–H and O–H groups in total. The molecule has 0 atom stereocenters. The number of nitrogens with zero attached hydrogens (tertiary/aromatic N) is 2. The van der Waals surface area contributed by atoms with Gasteiger partial charge in [0.05, 0.1) is 0 Å². The van der Waals surface area contributed by atoms with E-state index < -0.39 is 0 Å². The van der Waals surface area contributed by atoms with E-state index >= 15 is 0 Å². The summed E-state index contributed by atoms with van der Waals surface area (Å²) in [4.78, 5) is 8.13. The van der Waals surface area contributed by atoms with Gasteiger partial charge in [0.1, 0.15) is 22.4 Å². The first-order valence-electron chi connectivity index (χ1n) is 5.87. The van der Waals surface area contributed by atoms with Gasteiger partial charge in [-0.3, -0.25) is 0 Å². The van der Waals surface area contributed by atoms with Crippen molar-refractivity contribution < 1.29 is 0 Å². The fraction of sp³-hybridized carbons (Fsp3) is 0. The minimum atomic E-state index is 0.406. The Balaban J connectivity index is 2.12. The van der Waals surface area contributed by atoms with Gasteiger partial charge in [0.15, 0.2) is 0 Å². The maximum Gasteiger partial charge on any atom is 0.150 e. The van der Waals surface area contributed by atoms with E-state index in [4.69, 9.17) is 5.73 Å². The predicted molar refractivity (Wildman–Crippen MR) is 89.1 cm³/mol. The summed E-state index contributed by atoms with van der Waals surface area (Å²) in [5.41, 5.74) is 6.73. The summed E-state index contributed by atoms with van der Waals surface area (Å²) in [6.07, 6.45) is 1.43. The molecule has 6 heteroatoms. The predicted octanol–water partition coefficient (Wildman–Crippen LogP) is 4.48. The van der Waals surface area contributed by atoms with E-state index in [0.29, 0.717) is 16.1 Å². The Labute approximate surface area is 132 Å². The van der Waals surface area contributed by atoms with Crippen molar-refractivity contribution in [2.24, 2.45) is 0 Å². The molecule has 0 fully saturated rings. The van der Waals surface area contributed by atoms with Gasteiger partial charge in [0.25, 0.3) is 0 Å². The second kappa shape index (κ2) is 5.38. The Morgan fingerprint density at radius 3 is 2.50 bits per heavy atom. The van der Waals surface area contributed by atoms with Crippen LogP contribution in [0.15, 0.2) is 51.7 Å². The molecule has 3 rings (SSSR count). The van der Waals surface area contributed by atoms with Gasteiger partial charge < -0.3 is 11.1 Å². The van der Waals surface area contributed by atoms with E-state index in [1.165, 1.54) is 6.33 Å². The van der Waals surface area contributed by atoms with E-state index in [1.54, 1.807) is 0 Å². The van der Waals surface area contributed by atoms with Gasteiger partial charge in [-0.15, -0.1) is 0 Å². The Bertz CT molecular complexity index is 789. The van der Waals surface area contributed by atoms with Crippen molar-refractivity contribution in [3.8, 4) is 0 Å². The summed E-state index contributed by atoms with van der Waals surface area (Å²) in [7, 11) is 0. The van der Waals surface area contributed by atoms with Crippen molar-refractivity contribution in [2.75, 3.05) is 11.1 Å². The van der Waals surface area contributed by atoms with Crippen LogP contribution in [-0.4, -0.2) is 9.97 Å². The molecule has 3 aromatic rings. The van der Waals surface area contributed by atoms with Crippen LogP contribution in [0.4, 0.5) is 17.3 Å². The highest BCUT2D eigenvalue weighted by Gasteiger charge is 2.09. The average molecular weight is 394 g/mol. The number of nitrogens with one attached hydrogen (secondary N) is 1.